The van der Waals surface area contributed by atoms with Crippen molar-refractivity contribution in [1.29, 1.82) is 0 Å². The molecule has 0 saturated heterocycles. The van der Waals surface area contributed by atoms with E-state index in [9.17, 15) is 14.4 Å². The molecule has 2 aromatic carbocycles. The molecule has 7 heteroatoms. The third-order valence-corrected chi connectivity index (χ3v) is 6.74. The summed E-state index contributed by atoms with van der Waals surface area (Å²) in [5, 5.41) is 3.63. The Labute approximate surface area is 185 Å². The number of thioether (sulfide) groups is 1. The number of carbonyl (C=O) groups excluding carboxylic acids is 2. The lowest BCUT2D eigenvalue weighted by Gasteiger charge is -2.20. The summed E-state index contributed by atoms with van der Waals surface area (Å²) >= 11 is 1.31. The number of carbonyl (C=O) groups is 2. The average Bonchev–Trinajstić information content (AvgIpc) is 3.28. The van der Waals surface area contributed by atoms with Gasteiger partial charge < -0.3 is 5.32 Å². The summed E-state index contributed by atoms with van der Waals surface area (Å²) in [6.45, 7) is 3.32. The standard InChI is InChI=1S/C24H25N3O3S/c1-15(28)17-11-13-18(14-12-17)25-22(29)16(2)31-24-26-21-10-6-5-9-20(21)23(30)27(24)19-7-3-4-8-19/h5-6,9-14,16,19H,3-4,7-8H2,1-2H3,(H,25,29). The summed E-state index contributed by atoms with van der Waals surface area (Å²) in [6.07, 6.45) is 4.10. The molecule has 1 N–H and O–H groups in total. The van der Waals surface area contributed by atoms with Crippen LogP contribution >= 0.6 is 11.8 Å². The van der Waals surface area contributed by atoms with Crippen LogP contribution in [-0.2, 0) is 4.79 Å². The van der Waals surface area contributed by atoms with Crippen LogP contribution in [0.15, 0.2) is 58.5 Å². The molecule has 1 heterocycles. The Hall–Kier alpha value is -2.93. The van der Waals surface area contributed by atoms with Crippen molar-refractivity contribution in [1.82, 2.24) is 9.55 Å². The van der Waals surface area contributed by atoms with E-state index >= 15 is 0 Å². The molecule has 1 aliphatic rings. The van der Waals surface area contributed by atoms with Gasteiger partial charge in [-0.25, -0.2) is 4.98 Å². The van der Waals surface area contributed by atoms with E-state index in [-0.39, 0.29) is 23.3 Å². The Morgan fingerprint density at radius 1 is 1.10 bits per heavy atom. The second-order valence-corrected chi connectivity index (χ2v) is 9.22. The van der Waals surface area contributed by atoms with Crippen molar-refractivity contribution in [2.24, 2.45) is 0 Å². The number of aromatic nitrogens is 2. The van der Waals surface area contributed by atoms with E-state index in [4.69, 9.17) is 4.98 Å². The summed E-state index contributed by atoms with van der Waals surface area (Å²) in [5.41, 5.74) is 1.84. The predicted octanol–water partition coefficient (Wildman–Crippen LogP) is 4.83. The molecule has 0 aliphatic heterocycles. The van der Waals surface area contributed by atoms with E-state index in [1.54, 1.807) is 28.8 Å². The van der Waals surface area contributed by atoms with E-state index in [1.807, 2.05) is 31.2 Å². The van der Waals surface area contributed by atoms with Crippen LogP contribution in [0.5, 0.6) is 0 Å². The number of nitrogens with zero attached hydrogens (tertiary/aromatic N) is 2. The lowest BCUT2D eigenvalue weighted by atomic mass is 10.1. The number of benzene rings is 2. The fourth-order valence-electron chi connectivity index (χ4n) is 3.94. The average molecular weight is 436 g/mol. The van der Waals surface area contributed by atoms with E-state index in [2.05, 4.69) is 5.32 Å². The van der Waals surface area contributed by atoms with Gasteiger partial charge in [0.25, 0.3) is 5.56 Å². The van der Waals surface area contributed by atoms with Crippen molar-refractivity contribution in [3.05, 3.63) is 64.4 Å². The Balaban J connectivity index is 1.59. The molecular weight excluding hydrogens is 410 g/mol. The van der Waals surface area contributed by atoms with Gasteiger partial charge in [0.15, 0.2) is 10.9 Å². The minimum atomic E-state index is -0.451. The second kappa shape index (κ2) is 9.06. The SMILES string of the molecule is CC(=O)c1ccc(NC(=O)C(C)Sc2nc3ccccc3c(=O)n2C2CCCC2)cc1. The van der Waals surface area contributed by atoms with Crippen LogP contribution in [0.3, 0.4) is 0 Å². The van der Waals surface area contributed by atoms with Crippen molar-refractivity contribution < 1.29 is 9.59 Å². The molecule has 31 heavy (non-hydrogen) atoms. The van der Waals surface area contributed by atoms with Gasteiger partial charge in [-0.3, -0.25) is 19.0 Å². The van der Waals surface area contributed by atoms with Gasteiger partial charge in [-0.2, -0.15) is 0 Å². The molecule has 1 atom stereocenters. The van der Waals surface area contributed by atoms with Gasteiger partial charge >= 0.3 is 0 Å². The topological polar surface area (TPSA) is 81.1 Å². The van der Waals surface area contributed by atoms with Gasteiger partial charge in [-0.05, 0) is 63.1 Å². The third kappa shape index (κ3) is 4.56. The van der Waals surface area contributed by atoms with Crippen LogP contribution in [0, 0.1) is 0 Å². The number of fused-ring (bicyclic) bond motifs is 1. The molecule has 0 spiro atoms. The number of para-hydroxylation sites is 1. The zero-order chi connectivity index (χ0) is 22.0. The molecule has 6 nitrogen and oxygen atoms in total. The maximum Gasteiger partial charge on any atom is 0.262 e. The number of hydrogen-bond acceptors (Lipinski definition) is 5. The van der Waals surface area contributed by atoms with Crippen molar-refractivity contribution in [2.45, 2.75) is 56.0 Å². The minimum absolute atomic E-state index is 0.0194. The number of rotatable bonds is 6. The molecule has 1 saturated carbocycles. The van der Waals surface area contributed by atoms with Crippen LogP contribution in [-0.4, -0.2) is 26.5 Å². The number of anilines is 1. The van der Waals surface area contributed by atoms with Crippen LogP contribution in [0.1, 0.15) is 55.9 Å². The summed E-state index contributed by atoms with van der Waals surface area (Å²) in [4.78, 5) is 42.2. The summed E-state index contributed by atoms with van der Waals surface area (Å²) < 4.78 is 1.80. The highest BCUT2D eigenvalue weighted by atomic mass is 32.2. The zero-order valence-electron chi connectivity index (χ0n) is 17.6. The van der Waals surface area contributed by atoms with Gasteiger partial charge in [-0.15, -0.1) is 0 Å². The molecule has 1 unspecified atom stereocenters. The first kappa shape index (κ1) is 21.3. The molecule has 160 valence electrons. The highest BCUT2D eigenvalue weighted by Gasteiger charge is 2.25. The Morgan fingerprint density at radius 3 is 2.45 bits per heavy atom. The van der Waals surface area contributed by atoms with Crippen molar-refractivity contribution in [3.8, 4) is 0 Å². The molecule has 1 amide bonds. The lowest BCUT2D eigenvalue weighted by Crippen LogP contribution is -2.29. The van der Waals surface area contributed by atoms with Crippen molar-refractivity contribution >= 4 is 40.0 Å². The van der Waals surface area contributed by atoms with Gasteiger partial charge in [0, 0.05) is 17.3 Å². The van der Waals surface area contributed by atoms with Gasteiger partial charge in [-0.1, -0.05) is 36.7 Å². The fraction of sp³-hybridized carbons (Fsp3) is 0.333. The van der Waals surface area contributed by atoms with E-state index in [1.165, 1.54) is 18.7 Å². The van der Waals surface area contributed by atoms with E-state index in [0.717, 1.165) is 25.7 Å². The largest absolute Gasteiger partial charge is 0.325 e. The first-order chi connectivity index (χ1) is 14.9. The third-order valence-electron chi connectivity index (χ3n) is 5.68. The monoisotopic (exact) mass is 435 g/mol. The number of Topliss-reactive ketones (excluding diaryl/α,β-unsaturated/α-hetero) is 1. The van der Waals surface area contributed by atoms with Crippen LogP contribution in [0.25, 0.3) is 10.9 Å². The number of amides is 1. The summed E-state index contributed by atoms with van der Waals surface area (Å²) in [7, 11) is 0. The number of ketones is 1. The molecular formula is C24H25N3O3S. The van der Waals surface area contributed by atoms with Crippen molar-refractivity contribution in [2.75, 3.05) is 5.32 Å². The molecule has 4 rings (SSSR count). The first-order valence-electron chi connectivity index (χ1n) is 10.5. The smallest absolute Gasteiger partial charge is 0.262 e. The fourth-order valence-corrected chi connectivity index (χ4v) is 4.92. The van der Waals surface area contributed by atoms with Gasteiger partial charge in [0.05, 0.1) is 16.2 Å². The maximum atomic E-state index is 13.2. The number of nitrogens with one attached hydrogen (secondary N) is 1. The Morgan fingerprint density at radius 2 is 1.77 bits per heavy atom. The van der Waals surface area contributed by atoms with Crippen LogP contribution in [0.2, 0.25) is 0 Å². The number of hydrogen-bond donors (Lipinski definition) is 1. The Bertz CT molecular complexity index is 1180. The molecule has 0 bridgehead atoms. The summed E-state index contributed by atoms with van der Waals surface area (Å²) in [6, 6.07) is 14.3. The molecule has 1 aromatic heterocycles. The zero-order valence-corrected chi connectivity index (χ0v) is 18.4. The van der Waals surface area contributed by atoms with Gasteiger partial charge in [0.1, 0.15) is 0 Å². The predicted molar refractivity (Wildman–Crippen MR) is 124 cm³/mol. The van der Waals surface area contributed by atoms with E-state index < -0.39 is 5.25 Å². The highest BCUT2D eigenvalue weighted by molar-refractivity contribution is 8.00. The van der Waals surface area contributed by atoms with E-state index in [0.29, 0.717) is 27.3 Å². The molecule has 0 radical (unpaired) electrons. The van der Waals surface area contributed by atoms with Crippen LogP contribution < -0.4 is 10.9 Å². The molecule has 1 aliphatic carbocycles. The lowest BCUT2D eigenvalue weighted by molar-refractivity contribution is -0.115. The quantitative estimate of drug-likeness (QED) is 0.341. The van der Waals surface area contributed by atoms with Crippen LogP contribution in [0.4, 0.5) is 5.69 Å². The first-order valence-corrected chi connectivity index (χ1v) is 11.4. The van der Waals surface area contributed by atoms with Gasteiger partial charge in [0.2, 0.25) is 5.91 Å². The molecule has 1 fully saturated rings. The van der Waals surface area contributed by atoms with Crippen molar-refractivity contribution in [3.63, 3.8) is 0 Å². The summed E-state index contributed by atoms with van der Waals surface area (Å²) in [5.74, 6) is -0.199. The highest BCUT2D eigenvalue weighted by Crippen LogP contribution is 2.33. The maximum absolute atomic E-state index is 13.2. The second-order valence-electron chi connectivity index (χ2n) is 7.91. The Kier molecular flexibility index (Phi) is 6.23. The molecule has 3 aromatic rings. The minimum Gasteiger partial charge on any atom is -0.325 e. The normalized spacial score (nSPS) is 15.2.